The summed E-state index contributed by atoms with van der Waals surface area (Å²) in [7, 11) is 0. The summed E-state index contributed by atoms with van der Waals surface area (Å²) in [6.07, 6.45) is -98.7. The lowest BCUT2D eigenvalue weighted by molar-refractivity contribution is -0.399. The van der Waals surface area contributed by atoms with Crippen molar-refractivity contribution < 1.29 is 266 Å². The van der Waals surface area contributed by atoms with Crippen LogP contribution in [0.3, 0.4) is 0 Å². The first-order valence-electron chi connectivity index (χ1n) is 43.1. The van der Waals surface area contributed by atoms with Crippen LogP contribution in [0.25, 0.3) is 0 Å². The number of amides is 5. The van der Waals surface area contributed by atoms with Crippen molar-refractivity contribution in [1.82, 2.24) is 26.6 Å². The van der Waals surface area contributed by atoms with Crippen molar-refractivity contribution in [2.24, 2.45) is 0 Å². The van der Waals surface area contributed by atoms with Crippen LogP contribution in [0.1, 0.15) is 54.9 Å². The Morgan fingerprint density at radius 1 is 0.319 bits per heavy atom. The fraction of sp³-hybridized carbons (Fsp3) is 0.921. The lowest BCUT2D eigenvalue weighted by Crippen LogP contribution is -2.71. The average molecular weight is 1970 g/mol. The number of aliphatic carboxylic acids is 1. The zero-order valence-corrected chi connectivity index (χ0v) is 73.4. The number of hydrogen-bond acceptors (Lipinski definition) is 53. The van der Waals surface area contributed by atoms with Crippen molar-refractivity contribution >= 4 is 35.5 Å². The number of carbonyl (C=O) groups is 6. The molecule has 0 bridgehead atoms. The number of carboxylic acid groups (broad SMARTS) is 1. The van der Waals surface area contributed by atoms with Gasteiger partial charge < -0.3 is 264 Å². The first-order valence-corrected chi connectivity index (χ1v) is 43.1. The third kappa shape index (κ3) is 25.4. The lowest BCUT2D eigenvalue weighted by atomic mass is 9.88. The van der Waals surface area contributed by atoms with Crippen molar-refractivity contribution in [3.05, 3.63) is 0 Å². The van der Waals surface area contributed by atoms with E-state index in [9.17, 15) is 172 Å². The van der Waals surface area contributed by atoms with Crippen LogP contribution < -0.4 is 26.6 Å². The maximum atomic E-state index is 13.2. The Morgan fingerprint density at radius 2 is 0.615 bits per heavy atom. The highest BCUT2D eigenvalue weighted by atomic mass is 16.8. The molecule has 59 heteroatoms. The normalized spacial score (nSPS) is 46.5. The molecule has 0 aliphatic carbocycles. The molecule has 10 aliphatic rings. The number of rotatable bonds is 38. The fourth-order valence-corrected chi connectivity index (χ4v) is 17.3. The molecule has 0 unspecified atom stereocenters. The minimum Gasteiger partial charge on any atom is -0.477 e. The molecule has 33 N–H and O–H groups in total. The SMILES string of the molecule is CC(=O)N[C@H]1[C@H](O[C@H]2[C@H](O)[C@@H](NC(C)=O)[C@H](OC(C)C)O[C@@H]2CO)O[C@H](CO)[C@@H](O[C@@H]2O[C@H](CO[C@H]3O[C@H](CO)[C@@H](O)[C@H](O)[C@@H]3O[C@@H]3O[C@H](CO)[C@@H](O[C@@H]4O[C@H](CO[C@]5(C(=O)O)C[C@H](O)[C@@H](NC(C)=O)[C@H]([C@H](O)[C@H](O)CO)O5)[C@H](O)[C@H](O)[C@H]4O)[C@H](O)[C@H]3NC(C)=O)[C@@H](O)[C@H](O[C@H]3O[C@H](CO)[C@@H](O)[C@H](O)[C@@H]3O[C@@H]3O[C@H](CO)[C@@H](O[C@@H]4O[C@H](CO)[C@H](O)[C@H](O)[C@H]4O)[C@H](O)[C@H]3NC(C)=O)[C@@H]2O)[C@@H]1O. The van der Waals surface area contributed by atoms with Gasteiger partial charge in [0.25, 0.3) is 5.79 Å². The standard InChI is InChI=1S/C76H127N5O54/c1-19(2)118-66-37(78-21(4)91)47(103)58(30(13-86)122-66)128-67-38(79-22(5)92)48(104)61(33(16-89)123-67)131-72-57(113)63(132-74-65(54(110)44(100)29(12-85)121-74)134-69-40(81-24(7)94)50(106)59(31(14-87)125-69)129-70-55(111)51(107)42(98)27(10-83)119-70)46(102)34(126-72)17-116-73-64(53(109)43(99)28(11-84)120-73)133-68-39(80-23(6)93)49(105)60(32(15-88)124-68)130-71-56(112)52(108)45(101)35(127-71)18-117-76(75(114)115)8-25(95)36(77-20(3)90)62(135-76)41(97)26(96)9-82/h19,25-74,82-89,95-113H,8-18H2,1-7H3,(H,77,90)(H,78,91)(H,79,92)(H,80,93)(H,81,94)(H,114,115)/t25-,26+,27+,28+,29+,30+,31+,32+,33+,34+,35+,36+,37+,38+,39+,40+,41+,42-,43+,44+,45-,46+,47+,48+,49+,50+,51-,52-,53-,54-,55+,56+,57-,58+,59+,60+,61+,62+,63-,64-,65-,66+,67-,68-,69-,70-,71-,72-,73-,74+,76+/m0/s1. The number of hydrogen-bond donors (Lipinski definition) is 33. The second-order valence-electron chi connectivity index (χ2n) is 34.3. The molecular formula is C76H127N5O54. The Kier molecular flexibility index (Phi) is 40.5. The van der Waals surface area contributed by atoms with E-state index >= 15 is 0 Å². The third-order valence-electron chi connectivity index (χ3n) is 24.2. The summed E-state index contributed by atoms with van der Waals surface area (Å²) in [5.74, 6) is -9.68. The van der Waals surface area contributed by atoms with Crippen molar-refractivity contribution in [2.75, 3.05) is 66.1 Å². The molecule has 10 saturated heterocycles. The van der Waals surface area contributed by atoms with E-state index < -0.39 is 426 Å². The molecule has 780 valence electrons. The van der Waals surface area contributed by atoms with Gasteiger partial charge in [0.1, 0.15) is 238 Å². The minimum absolute atomic E-state index is 0.619. The number of carbonyl (C=O) groups excluding carboxylic acids is 5. The molecule has 10 fully saturated rings. The van der Waals surface area contributed by atoms with Crippen LogP contribution in [-0.4, -0.2) is 563 Å². The topological polar surface area (TPSA) is 914 Å². The Hall–Kier alpha value is -5.06. The monoisotopic (exact) mass is 1970 g/mol. The molecule has 0 aromatic heterocycles. The van der Waals surface area contributed by atoms with Crippen molar-refractivity contribution in [2.45, 2.75) is 373 Å². The molecule has 10 rings (SSSR count). The zero-order valence-electron chi connectivity index (χ0n) is 73.4. The largest absolute Gasteiger partial charge is 0.477 e. The molecule has 0 aromatic carbocycles. The van der Waals surface area contributed by atoms with E-state index in [1.165, 1.54) is 0 Å². The maximum Gasteiger partial charge on any atom is 0.364 e. The van der Waals surface area contributed by atoms with Gasteiger partial charge in [-0.25, -0.2) is 4.79 Å². The van der Waals surface area contributed by atoms with Gasteiger partial charge in [0.15, 0.2) is 56.6 Å². The van der Waals surface area contributed by atoms with Crippen LogP contribution in [0.5, 0.6) is 0 Å². The van der Waals surface area contributed by atoms with Gasteiger partial charge in [-0.05, 0) is 13.8 Å². The second-order valence-corrected chi connectivity index (χ2v) is 34.3. The van der Waals surface area contributed by atoms with E-state index in [0.717, 1.165) is 34.6 Å². The maximum absolute atomic E-state index is 13.2. The van der Waals surface area contributed by atoms with Crippen molar-refractivity contribution in [3.63, 3.8) is 0 Å². The molecule has 0 aromatic rings. The van der Waals surface area contributed by atoms with Gasteiger partial charge in [-0.1, -0.05) is 0 Å². The molecule has 0 saturated carbocycles. The van der Waals surface area contributed by atoms with Gasteiger partial charge in [0, 0.05) is 41.0 Å². The van der Waals surface area contributed by atoms with Gasteiger partial charge in [0.2, 0.25) is 29.5 Å². The van der Waals surface area contributed by atoms with Gasteiger partial charge in [-0.3, -0.25) is 24.0 Å². The van der Waals surface area contributed by atoms with Crippen LogP contribution in [0.4, 0.5) is 0 Å². The van der Waals surface area contributed by atoms with Crippen LogP contribution in [0, 0.1) is 0 Å². The third-order valence-corrected chi connectivity index (χ3v) is 24.2. The van der Waals surface area contributed by atoms with E-state index in [0.29, 0.717) is 0 Å². The van der Waals surface area contributed by atoms with E-state index in [2.05, 4.69) is 26.6 Å². The van der Waals surface area contributed by atoms with Crippen molar-refractivity contribution in [1.29, 1.82) is 0 Å². The van der Waals surface area contributed by atoms with Gasteiger partial charge in [-0.2, -0.15) is 0 Å². The zero-order chi connectivity index (χ0) is 99.9. The number of nitrogens with one attached hydrogen (secondary N) is 5. The predicted molar refractivity (Wildman–Crippen MR) is 419 cm³/mol. The summed E-state index contributed by atoms with van der Waals surface area (Å²) < 4.78 is 120. The van der Waals surface area contributed by atoms with Gasteiger partial charge in [0.05, 0.1) is 84.3 Å². The molecule has 0 spiro atoms. The Balaban J connectivity index is 0.959. The summed E-state index contributed by atoms with van der Waals surface area (Å²) in [5, 5.41) is 327. The number of aliphatic hydroxyl groups excluding tert-OH is 27. The number of ether oxygens (including phenoxy) is 20. The van der Waals surface area contributed by atoms with Crippen molar-refractivity contribution in [3.8, 4) is 0 Å². The summed E-state index contributed by atoms with van der Waals surface area (Å²) in [5.41, 5.74) is 0. The van der Waals surface area contributed by atoms with Crippen LogP contribution >= 0.6 is 0 Å². The first kappa shape index (κ1) is 112. The predicted octanol–water partition coefficient (Wildman–Crippen LogP) is -21.4. The van der Waals surface area contributed by atoms with E-state index in [4.69, 9.17) is 94.7 Å². The molecule has 5 amide bonds. The highest BCUT2D eigenvalue weighted by molar-refractivity contribution is 5.77. The van der Waals surface area contributed by atoms with Crippen LogP contribution in [0.2, 0.25) is 0 Å². The summed E-state index contributed by atoms with van der Waals surface area (Å²) in [4.78, 5) is 77.2. The van der Waals surface area contributed by atoms with E-state index in [-0.39, 0.29) is 0 Å². The summed E-state index contributed by atoms with van der Waals surface area (Å²) in [6, 6.07) is -9.16. The fourth-order valence-electron chi connectivity index (χ4n) is 17.3. The highest BCUT2D eigenvalue weighted by Gasteiger charge is 2.63. The molecule has 51 atom stereocenters. The second kappa shape index (κ2) is 48.8. The minimum atomic E-state index is -3.10. The first-order chi connectivity index (χ1) is 63.7. The molecule has 59 nitrogen and oxygen atoms in total. The highest BCUT2D eigenvalue weighted by Crippen LogP contribution is 2.42. The van der Waals surface area contributed by atoms with Gasteiger partial charge in [-0.15, -0.1) is 0 Å². The molecule has 0 radical (unpaired) electrons. The molecule has 10 heterocycles. The van der Waals surface area contributed by atoms with E-state index in [1.54, 1.807) is 13.8 Å². The Morgan fingerprint density at radius 3 is 0.985 bits per heavy atom. The quantitative estimate of drug-likeness (QED) is 0.0273. The Bertz CT molecular complexity index is 3760. The van der Waals surface area contributed by atoms with E-state index in [1.807, 2.05) is 0 Å². The average Bonchev–Trinajstić information content (AvgIpc) is 0.761. The lowest BCUT2D eigenvalue weighted by Gasteiger charge is -2.51. The number of carboxylic acids is 1. The smallest absolute Gasteiger partial charge is 0.364 e. The summed E-state index contributed by atoms with van der Waals surface area (Å²) >= 11 is 0. The number of aliphatic hydroxyl groups is 27. The molecular weight excluding hydrogens is 1850 g/mol. The van der Waals surface area contributed by atoms with Gasteiger partial charge >= 0.3 is 5.97 Å². The molecule has 10 aliphatic heterocycles. The van der Waals surface area contributed by atoms with Crippen LogP contribution in [-0.2, 0) is 124 Å². The molecule has 135 heavy (non-hydrogen) atoms. The van der Waals surface area contributed by atoms with Crippen LogP contribution in [0.15, 0.2) is 0 Å². The summed E-state index contributed by atoms with van der Waals surface area (Å²) in [6.45, 7) is -3.71. The Labute approximate surface area is 765 Å².